The van der Waals surface area contributed by atoms with Crippen molar-refractivity contribution in [1.29, 1.82) is 0 Å². The number of benzene rings is 2. The Hall–Kier alpha value is -2.11. The smallest absolute Gasteiger partial charge is 0.248 e. The van der Waals surface area contributed by atoms with Crippen molar-refractivity contribution in [2.24, 2.45) is 5.92 Å². The van der Waals surface area contributed by atoms with Crippen LogP contribution in [0.3, 0.4) is 0 Å². The summed E-state index contributed by atoms with van der Waals surface area (Å²) in [5.41, 5.74) is 0.997. The molecule has 1 aliphatic rings. The Balaban J connectivity index is 2.01. The van der Waals surface area contributed by atoms with Crippen molar-refractivity contribution in [2.75, 3.05) is 10.8 Å². The Morgan fingerprint density at radius 2 is 1.73 bits per heavy atom. The van der Waals surface area contributed by atoms with Gasteiger partial charge in [0.1, 0.15) is 17.7 Å². The molecule has 2 aromatic carbocycles. The molecule has 0 saturated heterocycles. The van der Waals surface area contributed by atoms with Crippen LogP contribution in [0.2, 0.25) is 5.02 Å². The highest BCUT2D eigenvalue weighted by atomic mass is 35.5. The highest BCUT2D eigenvalue weighted by molar-refractivity contribution is 6.30. The van der Waals surface area contributed by atoms with Crippen LogP contribution in [0.15, 0.2) is 48.5 Å². The summed E-state index contributed by atoms with van der Waals surface area (Å²) in [6.45, 7) is 2.13. The summed E-state index contributed by atoms with van der Waals surface area (Å²) >= 11 is 11.9. The van der Waals surface area contributed by atoms with Crippen LogP contribution in [-0.4, -0.2) is 23.7 Å². The van der Waals surface area contributed by atoms with Crippen molar-refractivity contribution in [3.8, 4) is 0 Å². The summed E-state index contributed by atoms with van der Waals surface area (Å²) in [4.78, 5) is 27.7. The van der Waals surface area contributed by atoms with Crippen LogP contribution in [0.25, 0.3) is 0 Å². The van der Waals surface area contributed by atoms with Gasteiger partial charge in [0.15, 0.2) is 0 Å². The van der Waals surface area contributed by atoms with E-state index < -0.39 is 17.8 Å². The lowest BCUT2D eigenvalue weighted by molar-refractivity contribution is -0.126. The van der Waals surface area contributed by atoms with Gasteiger partial charge < -0.3 is 5.32 Å². The zero-order chi connectivity index (χ0) is 21.7. The van der Waals surface area contributed by atoms with E-state index in [1.165, 1.54) is 29.2 Å². The number of rotatable bonds is 6. The third-order valence-corrected chi connectivity index (χ3v) is 6.10. The molecule has 1 saturated carbocycles. The predicted molar refractivity (Wildman–Crippen MR) is 118 cm³/mol. The Bertz CT molecular complexity index is 874. The van der Waals surface area contributed by atoms with Gasteiger partial charge in [0, 0.05) is 16.8 Å². The molecule has 1 aliphatic carbocycles. The number of nitrogens with zero attached hydrogens (tertiary/aromatic N) is 1. The van der Waals surface area contributed by atoms with Crippen LogP contribution in [0.4, 0.5) is 10.1 Å². The first-order valence-electron chi connectivity index (χ1n) is 10.1. The molecule has 2 amide bonds. The zero-order valence-corrected chi connectivity index (χ0v) is 18.3. The first-order chi connectivity index (χ1) is 14.4. The molecule has 0 unspecified atom stereocenters. The number of nitrogens with one attached hydrogen (secondary N) is 1. The molecule has 0 aliphatic heterocycles. The zero-order valence-electron chi connectivity index (χ0n) is 16.8. The number of hydrogen-bond donors (Lipinski definition) is 1. The van der Waals surface area contributed by atoms with Gasteiger partial charge in [-0.25, -0.2) is 4.39 Å². The van der Waals surface area contributed by atoms with E-state index in [0.29, 0.717) is 22.2 Å². The van der Waals surface area contributed by atoms with Crippen molar-refractivity contribution >= 4 is 40.7 Å². The molecule has 0 aromatic heterocycles. The van der Waals surface area contributed by atoms with Crippen molar-refractivity contribution < 1.29 is 14.0 Å². The van der Waals surface area contributed by atoms with Gasteiger partial charge in [-0.15, -0.1) is 11.6 Å². The van der Waals surface area contributed by atoms with Gasteiger partial charge in [0.05, 0.1) is 0 Å². The van der Waals surface area contributed by atoms with Gasteiger partial charge >= 0.3 is 0 Å². The molecule has 3 atom stereocenters. The minimum atomic E-state index is -0.951. The Morgan fingerprint density at radius 3 is 2.33 bits per heavy atom. The van der Waals surface area contributed by atoms with Crippen LogP contribution >= 0.6 is 23.2 Å². The lowest BCUT2D eigenvalue weighted by Gasteiger charge is -2.35. The van der Waals surface area contributed by atoms with Gasteiger partial charge in [-0.2, -0.15) is 0 Å². The van der Waals surface area contributed by atoms with E-state index in [1.807, 2.05) is 0 Å². The SMILES string of the molecule is C[C@@H]1CCCC[C@@H]1NC(=O)[C@@H](c1ccc(Cl)cc1)N(C(=O)CCl)c1ccc(F)cc1. The summed E-state index contributed by atoms with van der Waals surface area (Å²) in [7, 11) is 0. The Morgan fingerprint density at radius 1 is 1.10 bits per heavy atom. The normalized spacial score (nSPS) is 19.7. The number of halogens is 3. The second kappa shape index (κ2) is 10.3. The van der Waals surface area contributed by atoms with Crippen LogP contribution < -0.4 is 10.2 Å². The lowest BCUT2D eigenvalue weighted by atomic mass is 9.85. The van der Waals surface area contributed by atoms with Gasteiger partial charge in [-0.1, -0.05) is 43.5 Å². The number of hydrogen-bond acceptors (Lipinski definition) is 2. The third-order valence-electron chi connectivity index (χ3n) is 5.62. The molecule has 0 spiro atoms. The number of amides is 2. The third kappa shape index (κ3) is 5.32. The fraction of sp³-hybridized carbons (Fsp3) is 0.391. The molecule has 1 fully saturated rings. The lowest BCUT2D eigenvalue weighted by Crippen LogP contribution is -2.49. The van der Waals surface area contributed by atoms with E-state index in [-0.39, 0.29) is 17.8 Å². The summed E-state index contributed by atoms with van der Waals surface area (Å²) in [6, 6.07) is 11.3. The number of carbonyl (C=O) groups excluding carboxylic acids is 2. The van der Waals surface area contributed by atoms with Crippen molar-refractivity contribution in [3.05, 3.63) is 64.9 Å². The molecule has 4 nitrogen and oxygen atoms in total. The summed E-state index contributed by atoms with van der Waals surface area (Å²) in [5, 5.41) is 3.66. The fourth-order valence-corrected chi connectivity index (χ4v) is 4.21. The van der Waals surface area contributed by atoms with Gasteiger partial charge in [-0.3, -0.25) is 14.5 Å². The second-order valence-corrected chi connectivity index (χ2v) is 8.41. The summed E-state index contributed by atoms with van der Waals surface area (Å²) < 4.78 is 13.5. The highest BCUT2D eigenvalue weighted by Crippen LogP contribution is 2.31. The van der Waals surface area contributed by atoms with E-state index in [4.69, 9.17) is 23.2 Å². The van der Waals surface area contributed by atoms with E-state index in [2.05, 4.69) is 12.2 Å². The second-order valence-electron chi connectivity index (χ2n) is 7.70. The molecule has 0 bridgehead atoms. The van der Waals surface area contributed by atoms with Crippen molar-refractivity contribution in [1.82, 2.24) is 5.32 Å². The topological polar surface area (TPSA) is 49.4 Å². The van der Waals surface area contributed by atoms with Crippen LogP contribution in [0.1, 0.15) is 44.2 Å². The molecule has 1 N–H and O–H groups in total. The molecule has 7 heteroatoms. The monoisotopic (exact) mass is 450 g/mol. The van der Waals surface area contributed by atoms with Crippen LogP contribution in [0.5, 0.6) is 0 Å². The molecule has 0 radical (unpaired) electrons. The van der Waals surface area contributed by atoms with E-state index in [0.717, 1.165) is 25.7 Å². The van der Waals surface area contributed by atoms with Crippen molar-refractivity contribution in [3.63, 3.8) is 0 Å². The maximum absolute atomic E-state index is 13.5. The van der Waals surface area contributed by atoms with E-state index >= 15 is 0 Å². The molecule has 0 heterocycles. The quantitative estimate of drug-likeness (QED) is 0.591. The first-order valence-corrected chi connectivity index (χ1v) is 11.0. The number of carbonyl (C=O) groups is 2. The largest absolute Gasteiger partial charge is 0.351 e. The van der Waals surface area contributed by atoms with Gasteiger partial charge in [0.25, 0.3) is 0 Å². The van der Waals surface area contributed by atoms with E-state index in [1.54, 1.807) is 24.3 Å². The van der Waals surface area contributed by atoms with E-state index in [9.17, 15) is 14.0 Å². The standard InChI is InChI=1S/C23H25Cl2FN2O2/c1-15-4-2-3-5-20(15)27-23(30)22(16-6-8-17(25)9-7-16)28(21(29)14-24)19-12-10-18(26)11-13-19/h6-13,15,20,22H,2-5,14H2,1H3,(H,27,30)/t15-,20+,22-/m1/s1. The average molecular weight is 451 g/mol. The van der Waals surface area contributed by atoms with Crippen molar-refractivity contribution in [2.45, 2.75) is 44.7 Å². The fourth-order valence-electron chi connectivity index (χ4n) is 3.96. The van der Waals surface area contributed by atoms with Crippen LogP contribution in [-0.2, 0) is 9.59 Å². The Kier molecular flexibility index (Phi) is 7.73. The molecule has 160 valence electrons. The summed E-state index contributed by atoms with van der Waals surface area (Å²) in [5.74, 6) is -1.12. The van der Waals surface area contributed by atoms with Gasteiger partial charge in [0.2, 0.25) is 11.8 Å². The molecular weight excluding hydrogens is 426 g/mol. The maximum Gasteiger partial charge on any atom is 0.248 e. The summed E-state index contributed by atoms with van der Waals surface area (Å²) in [6.07, 6.45) is 4.17. The molecule has 2 aromatic rings. The number of alkyl halides is 1. The maximum atomic E-state index is 13.5. The Labute approximate surface area is 186 Å². The first kappa shape index (κ1) is 22.6. The molecular formula is C23H25Cl2FN2O2. The molecule has 30 heavy (non-hydrogen) atoms. The van der Waals surface area contributed by atoms with Gasteiger partial charge in [-0.05, 0) is 60.7 Å². The predicted octanol–water partition coefficient (Wildman–Crippen LogP) is 5.49. The minimum Gasteiger partial charge on any atom is -0.351 e. The highest BCUT2D eigenvalue weighted by Gasteiger charge is 2.34. The average Bonchev–Trinajstić information content (AvgIpc) is 2.75. The minimum absolute atomic E-state index is 0.0437. The van der Waals surface area contributed by atoms with Crippen LogP contribution in [0, 0.1) is 11.7 Å². The number of anilines is 1. The molecule has 3 rings (SSSR count).